The molecule has 9 heteroatoms. The molecule has 3 unspecified atom stereocenters. The summed E-state index contributed by atoms with van der Waals surface area (Å²) in [5, 5.41) is 21.3. The number of methoxy groups -OCH3 is 1. The number of aliphatic imine (C=N–C) groups is 1. The van der Waals surface area contributed by atoms with Crippen LogP contribution in [0.25, 0.3) is 0 Å². The van der Waals surface area contributed by atoms with Crippen LogP contribution in [0.4, 0.5) is 0 Å². The summed E-state index contributed by atoms with van der Waals surface area (Å²) in [5.41, 5.74) is 0. The predicted octanol–water partition coefficient (Wildman–Crippen LogP) is 1.07. The molecule has 26 heavy (non-hydrogen) atoms. The zero-order valence-electron chi connectivity index (χ0n) is 15.6. The topological polar surface area (TPSA) is 96.6 Å². The molecule has 8 nitrogen and oxygen atoms in total. The van der Waals surface area contributed by atoms with Crippen LogP contribution in [0.2, 0.25) is 0 Å². The highest BCUT2D eigenvalue weighted by Gasteiger charge is 2.25. The van der Waals surface area contributed by atoms with Crippen LogP contribution in [0.3, 0.4) is 0 Å². The maximum absolute atomic E-state index is 9.97. The van der Waals surface area contributed by atoms with Crippen LogP contribution in [-0.4, -0.2) is 58.2 Å². The van der Waals surface area contributed by atoms with Crippen LogP contribution in [0.15, 0.2) is 4.99 Å². The van der Waals surface area contributed by atoms with Crippen LogP contribution in [0, 0.1) is 5.92 Å². The number of aryl methyl sites for hydroxylation is 1. The number of aliphatic hydroxyl groups is 1. The zero-order chi connectivity index (χ0) is 17.6. The van der Waals surface area contributed by atoms with E-state index in [9.17, 15) is 5.11 Å². The van der Waals surface area contributed by atoms with Crippen molar-refractivity contribution in [3.63, 3.8) is 0 Å². The van der Waals surface area contributed by atoms with Gasteiger partial charge >= 0.3 is 0 Å². The highest BCUT2D eigenvalue weighted by molar-refractivity contribution is 14.0. The van der Waals surface area contributed by atoms with Crippen molar-refractivity contribution in [3.8, 4) is 0 Å². The molecule has 2 heterocycles. The Kier molecular flexibility index (Phi) is 8.55. The van der Waals surface area contributed by atoms with Crippen molar-refractivity contribution in [3.05, 3.63) is 11.6 Å². The number of ether oxygens (including phenoxy) is 1. The van der Waals surface area contributed by atoms with E-state index < -0.39 is 0 Å². The molecular formula is C17H31IN6O2. The van der Waals surface area contributed by atoms with E-state index in [0.29, 0.717) is 19.1 Å². The van der Waals surface area contributed by atoms with Crippen LogP contribution in [0.5, 0.6) is 0 Å². The lowest BCUT2D eigenvalue weighted by Crippen LogP contribution is -2.47. The zero-order valence-corrected chi connectivity index (χ0v) is 18.0. The third kappa shape index (κ3) is 5.53. The molecule has 0 radical (unpaired) electrons. The van der Waals surface area contributed by atoms with Crippen molar-refractivity contribution >= 4 is 29.9 Å². The van der Waals surface area contributed by atoms with Gasteiger partial charge in [0.1, 0.15) is 12.4 Å². The van der Waals surface area contributed by atoms with Crippen molar-refractivity contribution in [1.82, 2.24) is 25.4 Å². The van der Waals surface area contributed by atoms with E-state index in [1.54, 1.807) is 7.11 Å². The third-order valence-electron chi connectivity index (χ3n) is 4.96. The lowest BCUT2D eigenvalue weighted by Gasteiger charge is -2.25. The number of aliphatic hydroxyl groups excluding tert-OH is 1. The second-order valence-corrected chi connectivity index (χ2v) is 6.92. The van der Waals surface area contributed by atoms with Gasteiger partial charge in [-0.15, -0.1) is 24.0 Å². The molecule has 3 rings (SSSR count). The van der Waals surface area contributed by atoms with Crippen molar-refractivity contribution in [2.24, 2.45) is 10.9 Å². The minimum absolute atomic E-state index is 0. The second kappa shape index (κ2) is 10.4. The number of fused-ring (bicyclic) bond motifs is 1. The molecule has 1 aromatic rings. The molecule has 1 fully saturated rings. The lowest BCUT2D eigenvalue weighted by molar-refractivity contribution is 0.136. The fourth-order valence-electron chi connectivity index (χ4n) is 3.62. The maximum atomic E-state index is 9.97. The third-order valence-corrected chi connectivity index (χ3v) is 4.96. The Morgan fingerprint density at radius 3 is 2.92 bits per heavy atom. The Hall–Kier alpha value is -0.940. The number of hydrogen-bond donors (Lipinski definition) is 3. The summed E-state index contributed by atoms with van der Waals surface area (Å²) in [6.07, 6.45) is 4.78. The minimum atomic E-state index is -0.196. The van der Waals surface area contributed by atoms with E-state index in [1.807, 2.05) is 4.68 Å². The quantitative estimate of drug-likeness (QED) is 0.322. The SMILES string of the molecule is CCNC(=NCC1CCCC1O)NC1CCc2nc(COC)nn2C1.I. The number of halogens is 1. The van der Waals surface area contributed by atoms with Crippen LogP contribution < -0.4 is 10.6 Å². The fraction of sp³-hybridized carbons (Fsp3) is 0.824. The number of nitrogens with one attached hydrogen (secondary N) is 2. The summed E-state index contributed by atoms with van der Waals surface area (Å²) in [5.74, 6) is 2.89. The Labute approximate surface area is 172 Å². The highest BCUT2D eigenvalue weighted by atomic mass is 127. The predicted molar refractivity (Wildman–Crippen MR) is 111 cm³/mol. The molecule has 1 aromatic heterocycles. The molecule has 0 saturated heterocycles. The molecule has 1 saturated carbocycles. The average Bonchev–Trinajstić information content (AvgIpc) is 3.18. The minimum Gasteiger partial charge on any atom is -0.393 e. The first-order valence-electron chi connectivity index (χ1n) is 9.34. The monoisotopic (exact) mass is 478 g/mol. The van der Waals surface area contributed by atoms with Gasteiger partial charge in [-0.25, -0.2) is 9.67 Å². The van der Waals surface area contributed by atoms with Gasteiger partial charge in [0.15, 0.2) is 11.8 Å². The first-order valence-corrected chi connectivity index (χ1v) is 9.34. The summed E-state index contributed by atoms with van der Waals surface area (Å²) < 4.78 is 7.09. The molecular weight excluding hydrogens is 447 g/mol. The molecule has 148 valence electrons. The summed E-state index contributed by atoms with van der Waals surface area (Å²) in [7, 11) is 1.66. The molecule has 0 bridgehead atoms. The van der Waals surface area contributed by atoms with Gasteiger partial charge in [0, 0.05) is 38.6 Å². The van der Waals surface area contributed by atoms with Crippen molar-refractivity contribution in [2.45, 2.75) is 64.3 Å². The van der Waals surface area contributed by atoms with E-state index in [-0.39, 0.29) is 36.1 Å². The molecule has 0 aromatic carbocycles. The normalized spacial score (nSPS) is 25.5. The van der Waals surface area contributed by atoms with Gasteiger partial charge < -0.3 is 20.5 Å². The Morgan fingerprint density at radius 2 is 2.23 bits per heavy atom. The first-order chi connectivity index (χ1) is 12.2. The Bertz CT molecular complexity index is 594. The van der Waals surface area contributed by atoms with E-state index in [2.05, 4.69) is 27.6 Å². The van der Waals surface area contributed by atoms with Gasteiger partial charge in [-0.1, -0.05) is 6.42 Å². The standard InChI is InChI=1S/C17H30N6O2.HI/c1-3-18-17(19-9-12-5-4-6-14(12)24)20-13-7-8-16-21-15(11-25-2)22-23(16)10-13;/h12-14,24H,3-11H2,1-2H3,(H2,18,19,20);1H. The van der Waals surface area contributed by atoms with Crippen molar-refractivity contribution in [1.29, 1.82) is 0 Å². The summed E-state index contributed by atoms with van der Waals surface area (Å²) >= 11 is 0. The summed E-state index contributed by atoms with van der Waals surface area (Å²) in [4.78, 5) is 9.21. The maximum Gasteiger partial charge on any atom is 0.191 e. The van der Waals surface area contributed by atoms with Gasteiger partial charge in [-0.2, -0.15) is 5.10 Å². The molecule has 3 atom stereocenters. The number of guanidine groups is 1. The van der Waals surface area contributed by atoms with Crippen LogP contribution >= 0.6 is 24.0 Å². The number of rotatable bonds is 6. The average molecular weight is 478 g/mol. The molecule has 3 N–H and O–H groups in total. The van der Waals surface area contributed by atoms with Gasteiger partial charge in [-0.05, 0) is 26.2 Å². The highest BCUT2D eigenvalue weighted by Crippen LogP contribution is 2.25. The molecule has 1 aliphatic heterocycles. The van der Waals surface area contributed by atoms with E-state index >= 15 is 0 Å². The number of aromatic nitrogens is 3. The molecule has 2 aliphatic rings. The van der Waals surface area contributed by atoms with Crippen molar-refractivity contribution < 1.29 is 9.84 Å². The van der Waals surface area contributed by atoms with E-state index in [0.717, 1.165) is 62.8 Å². The molecule has 0 spiro atoms. The van der Waals surface area contributed by atoms with Crippen LogP contribution in [-0.2, 0) is 24.3 Å². The number of hydrogen-bond acceptors (Lipinski definition) is 5. The Balaban J connectivity index is 0.00000243. The largest absolute Gasteiger partial charge is 0.393 e. The first kappa shape index (κ1) is 21.4. The van der Waals surface area contributed by atoms with E-state index in [4.69, 9.17) is 9.73 Å². The smallest absolute Gasteiger partial charge is 0.191 e. The second-order valence-electron chi connectivity index (χ2n) is 6.92. The molecule has 0 amide bonds. The summed E-state index contributed by atoms with van der Waals surface area (Å²) in [6.45, 7) is 4.79. The number of nitrogens with zero attached hydrogens (tertiary/aromatic N) is 4. The van der Waals surface area contributed by atoms with Crippen molar-refractivity contribution in [2.75, 3.05) is 20.2 Å². The summed E-state index contributed by atoms with van der Waals surface area (Å²) in [6, 6.07) is 0.274. The van der Waals surface area contributed by atoms with Gasteiger partial charge in [0.05, 0.1) is 12.6 Å². The fourth-order valence-corrected chi connectivity index (χ4v) is 3.62. The Morgan fingerprint density at radius 1 is 1.38 bits per heavy atom. The van der Waals surface area contributed by atoms with Crippen LogP contribution in [0.1, 0.15) is 44.3 Å². The van der Waals surface area contributed by atoms with Gasteiger partial charge in [0.2, 0.25) is 0 Å². The molecule has 1 aliphatic carbocycles. The lowest BCUT2D eigenvalue weighted by atomic mass is 10.1. The van der Waals surface area contributed by atoms with Gasteiger partial charge in [-0.3, -0.25) is 4.99 Å². The van der Waals surface area contributed by atoms with Gasteiger partial charge in [0.25, 0.3) is 0 Å². The van der Waals surface area contributed by atoms with E-state index in [1.165, 1.54) is 0 Å².